The minimum atomic E-state index is -0.958. The zero-order chi connectivity index (χ0) is 14.3. The molecule has 1 aliphatic rings. The molecule has 104 valence electrons. The summed E-state index contributed by atoms with van der Waals surface area (Å²) < 4.78 is 1.74. The Morgan fingerprint density at radius 1 is 1.35 bits per heavy atom. The zero-order valence-corrected chi connectivity index (χ0v) is 11.9. The number of hydrogen-bond donors (Lipinski definition) is 1. The number of aromatic nitrogens is 2. The fraction of sp³-hybridized carbons (Fsp3) is 0.333. The molecule has 2 aromatic rings. The molecule has 0 saturated carbocycles. The van der Waals surface area contributed by atoms with Gasteiger partial charge in [0, 0.05) is 16.3 Å². The van der Waals surface area contributed by atoms with Crippen molar-refractivity contribution in [2.45, 2.75) is 32.6 Å². The predicted octanol–water partition coefficient (Wildman–Crippen LogP) is 3.41. The van der Waals surface area contributed by atoms with Crippen molar-refractivity contribution in [3.8, 4) is 5.69 Å². The summed E-state index contributed by atoms with van der Waals surface area (Å²) in [5.74, 6) is -0.958. The van der Waals surface area contributed by atoms with Crippen LogP contribution >= 0.6 is 11.6 Å². The lowest BCUT2D eigenvalue weighted by molar-refractivity contribution is 0.0688. The van der Waals surface area contributed by atoms with Crippen LogP contribution in [-0.4, -0.2) is 20.9 Å². The molecule has 3 rings (SSSR count). The van der Waals surface area contributed by atoms with E-state index < -0.39 is 5.97 Å². The van der Waals surface area contributed by atoms with Crippen molar-refractivity contribution >= 4 is 17.6 Å². The lowest BCUT2D eigenvalue weighted by atomic mass is 9.95. The molecule has 0 saturated heterocycles. The molecule has 1 N–H and O–H groups in total. The molecular formula is C15H15ClN2O2. The van der Waals surface area contributed by atoms with Gasteiger partial charge in [-0.3, -0.25) is 0 Å². The summed E-state index contributed by atoms with van der Waals surface area (Å²) >= 11 is 6.16. The molecule has 0 amide bonds. The third kappa shape index (κ3) is 2.10. The Morgan fingerprint density at radius 3 is 2.80 bits per heavy atom. The maximum Gasteiger partial charge on any atom is 0.356 e. The quantitative estimate of drug-likeness (QED) is 0.922. The molecular weight excluding hydrogens is 276 g/mol. The Hall–Kier alpha value is -1.81. The highest BCUT2D eigenvalue weighted by Crippen LogP contribution is 2.28. The first-order chi connectivity index (χ1) is 9.58. The van der Waals surface area contributed by atoms with Gasteiger partial charge in [-0.05, 0) is 50.3 Å². The van der Waals surface area contributed by atoms with Crippen LogP contribution in [0.15, 0.2) is 18.2 Å². The summed E-state index contributed by atoms with van der Waals surface area (Å²) in [5.41, 5.74) is 3.88. The van der Waals surface area contributed by atoms with E-state index in [1.54, 1.807) is 4.68 Å². The topological polar surface area (TPSA) is 55.1 Å². The monoisotopic (exact) mass is 290 g/mol. The highest BCUT2D eigenvalue weighted by Gasteiger charge is 2.25. The molecule has 1 aliphatic carbocycles. The van der Waals surface area contributed by atoms with E-state index in [0.29, 0.717) is 5.02 Å². The summed E-state index contributed by atoms with van der Waals surface area (Å²) in [5, 5.41) is 14.3. The molecule has 0 spiro atoms. The van der Waals surface area contributed by atoms with Gasteiger partial charge in [-0.2, -0.15) is 5.10 Å². The predicted molar refractivity (Wildman–Crippen MR) is 76.9 cm³/mol. The standard InChI is InChI=1S/C15H15ClN2O2/c1-9-6-7-10(8-12(9)16)18-13-5-3-2-4-11(13)14(17-18)15(19)20/h6-8H,2-5H2,1H3,(H,19,20). The zero-order valence-electron chi connectivity index (χ0n) is 11.2. The van der Waals surface area contributed by atoms with Gasteiger partial charge in [0.15, 0.2) is 5.69 Å². The number of aromatic carboxylic acids is 1. The lowest BCUT2D eigenvalue weighted by Gasteiger charge is -2.14. The van der Waals surface area contributed by atoms with Crippen molar-refractivity contribution in [3.05, 3.63) is 45.7 Å². The van der Waals surface area contributed by atoms with Crippen LogP contribution in [0.5, 0.6) is 0 Å². The van der Waals surface area contributed by atoms with Crippen LogP contribution < -0.4 is 0 Å². The Balaban J connectivity index is 2.18. The number of carboxylic acid groups (broad SMARTS) is 1. The number of benzene rings is 1. The highest BCUT2D eigenvalue weighted by molar-refractivity contribution is 6.31. The van der Waals surface area contributed by atoms with Gasteiger partial charge < -0.3 is 5.11 Å². The Morgan fingerprint density at radius 2 is 2.10 bits per heavy atom. The van der Waals surface area contributed by atoms with Crippen LogP contribution in [0.25, 0.3) is 5.69 Å². The molecule has 1 aromatic heterocycles. The Kier molecular flexibility index (Phi) is 3.26. The Bertz CT molecular complexity index is 691. The summed E-state index contributed by atoms with van der Waals surface area (Å²) in [4.78, 5) is 11.3. The van der Waals surface area contributed by atoms with E-state index in [1.807, 2.05) is 25.1 Å². The molecule has 0 atom stereocenters. The van der Waals surface area contributed by atoms with Gasteiger partial charge >= 0.3 is 5.97 Å². The van der Waals surface area contributed by atoms with E-state index in [1.165, 1.54) is 0 Å². The number of aryl methyl sites for hydroxylation is 1. The normalized spacial score (nSPS) is 14.1. The summed E-state index contributed by atoms with van der Waals surface area (Å²) in [6, 6.07) is 5.69. The van der Waals surface area contributed by atoms with Crippen LogP contribution in [-0.2, 0) is 12.8 Å². The van der Waals surface area contributed by atoms with Crippen molar-refractivity contribution in [3.63, 3.8) is 0 Å². The van der Waals surface area contributed by atoms with Crippen molar-refractivity contribution < 1.29 is 9.90 Å². The minimum absolute atomic E-state index is 0.177. The van der Waals surface area contributed by atoms with Gasteiger partial charge in [0.2, 0.25) is 0 Å². The largest absolute Gasteiger partial charge is 0.476 e. The third-order valence-electron chi connectivity index (χ3n) is 3.78. The van der Waals surface area contributed by atoms with Crippen LogP contribution in [0.4, 0.5) is 0 Å². The number of carbonyl (C=O) groups is 1. The second-order valence-corrected chi connectivity index (χ2v) is 5.54. The fourth-order valence-corrected chi connectivity index (χ4v) is 2.87. The van der Waals surface area contributed by atoms with Gasteiger partial charge in [-0.1, -0.05) is 17.7 Å². The van der Waals surface area contributed by atoms with E-state index >= 15 is 0 Å². The molecule has 0 bridgehead atoms. The molecule has 4 nitrogen and oxygen atoms in total. The van der Waals surface area contributed by atoms with E-state index in [2.05, 4.69) is 5.10 Å². The van der Waals surface area contributed by atoms with Gasteiger partial charge in [-0.25, -0.2) is 9.48 Å². The molecule has 0 radical (unpaired) electrons. The average Bonchev–Trinajstić information content (AvgIpc) is 2.82. The lowest BCUT2D eigenvalue weighted by Crippen LogP contribution is -2.08. The maximum absolute atomic E-state index is 11.3. The van der Waals surface area contributed by atoms with E-state index in [9.17, 15) is 9.90 Å². The fourth-order valence-electron chi connectivity index (χ4n) is 2.70. The molecule has 5 heteroatoms. The van der Waals surface area contributed by atoms with E-state index in [4.69, 9.17) is 11.6 Å². The van der Waals surface area contributed by atoms with Crippen LogP contribution in [0, 0.1) is 6.92 Å². The van der Waals surface area contributed by atoms with Gasteiger partial charge in [-0.15, -0.1) is 0 Å². The van der Waals surface area contributed by atoms with Crippen LogP contribution in [0.1, 0.15) is 40.2 Å². The number of fused-ring (bicyclic) bond motifs is 1. The average molecular weight is 291 g/mol. The first-order valence-electron chi connectivity index (χ1n) is 6.68. The molecule has 0 fully saturated rings. The minimum Gasteiger partial charge on any atom is -0.476 e. The second-order valence-electron chi connectivity index (χ2n) is 5.13. The second kappa shape index (κ2) is 4.94. The maximum atomic E-state index is 11.3. The van der Waals surface area contributed by atoms with Gasteiger partial charge in [0.25, 0.3) is 0 Å². The van der Waals surface area contributed by atoms with Gasteiger partial charge in [0.05, 0.1) is 5.69 Å². The van der Waals surface area contributed by atoms with E-state index in [-0.39, 0.29) is 5.69 Å². The number of hydrogen-bond acceptors (Lipinski definition) is 2. The summed E-state index contributed by atoms with van der Waals surface area (Å²) in [6.07, 6.45) is 3.74. The molecule has 0 unspecified atom stereocenters. The van der Waals surface area contributed by atoms with E-state index in [0.717, 1.165) is 48.2 Å². The van der Waals surface area contributed by atoms with Crippen molar-refractivity contribution in [2.24, 2.45) is 0 Å². The smallest absolute Gasteiger partial charge is 0.356 e. The Labute approximate surface area is 122 Å². The SMILES string of the molecule is Cc1ccc(-n2nc(C(=O)O)c3c2CCCC3)cc1Cl. The number of halogens is 1. The molecule has 20 heavy (non-hydrogen) atoms. The molecule has 0 aliphatic heterocycles. The summed E-state index contributed by atoms with van der Waals surface area (Å²) in [7, 11) is 0. The third-order valence-corrected chi connectivity index (χ3v) is 4.19. The number of nitrogens with zero attached hydrogens (tertiary/aromatic N) is 2. The number of carboxylic acids is 1. The van der Waals surface area contributed by atoms with Crippen LogP contribution in [0.2, 0.25) is 5.02 Å². The first-order valence-corrected chi connectivity index (χ1v) is 7.06. The van der Waals surface area contributed by atoms with Crippen molar-refractivity contribution in [1.29, 1.82) is 0 Å². The first kappa shape index (κ1) is 13.2. The van der Waals surface area contributed by atoms with Crippen LogP contribution in [0.3, 0.4) is 0 Å². The molecule has 1 aromatic carbocycles. The van der Waals surface area contributed by atoms with Gasteiger partial charge in [0.1, 0.15) is 0 Å². The van der Waals surface area contributed by atoms with Crippen molar-refractivity contribution in [2.75, 3.05) is 0 Å². The van der Waals surface area contributed by atoms with Crippen molar-refractivity contribution in [1.82, 2.24) is 9.78 Å². The molecule has 1 heterocycles. The highest BCUT2D eigenvalue weighted by atomic mass is 35.5. The summed E-state index contributed by atoms with van der Waals surface area (Å²) in [6.45, 7) is 1.94. The number of rotatable bonds is 2.